The Morgan fingerprint density at radius 1 is 1.05 bits per heavy atom. The molecule has 0 saturated carbocycles. The van der Waals surface area contributed by atoms with E-state index in [2.05, 4.69) is 44.8 Å². The van der Waals surface area contributed by atoms with Crippen LogP contribution in [-0.4, -0.2) is 37.0 Å². The molecule has 0 aliphatic carbocycles. The van der Waals surface area contributed by atoms with Crippen molar-refractivity contribution < 1.29 is 0 Å². The fourth-order valence-corrected chi connectivity index (χ4v) is 2.80. The molecule has 0 unspecified atom stereocenters. The predicted molar refractivity (Wildman–Crippen MR) is 82.7 cm³/mol. The van der Waals surface area contributed by atoms with E-state index >= 15 is 0 Å². The summed E-state index contributed by atoms with van der Waals surface area (Å²) in [5, 5.41) is 6.64. The molecule has 0 aromatic heterocycles. The van der Waals surface area contributed by atoms with Gasteiger partial charge in [0.05, 0.1) is 0 Å². The molecule has 0 radical (unpaired) electrons. The van der Waals surface area contributed by atoms with Crippen molar-refractivity contribution in [3.8, 4) is 0 Å². The van der Waals surface area contributed by atoms with E-state index in [0.717, 1.165) is 38.6 Å². The molecule has 1 saturated heterocycles. The van der Waals surface area contributed by atoms with E-state index in [0.29, 0.717) is 0 Å². The molecule has 0 atom stereocenters. The molecule has 108 valence electrons. The first-order chi connectivity index (χ1) is 9.90. The number of likely N-dealkylation sites (tertiary alicyclic amines) is 1. The van der Waals surface area contributed by atoms with Gasteiger partial charge in [-0.1, -0.05) is 24.3 Å². The quantitative estimate of drug-likeness (QED) is 0.877. The summed E-state index contributed by atoms with van der Waals surface area (Å²) in [6.07, 6.45) is 3.85. The van der Waals surface area contributed by atoms with Gasteiger partial charge < -0.3 is 10.6 Å². The summed E-state index contributed by atoms with van der Waals surface area (Å²) >= 11 is 0. The van der Waals surface area contributed by atoms with E-state index in [1.54, 1.807) is 0 Å². The van der Waals surface area contributed by atoms with Crippen molar-refractivity contribution in [2.45, 2.75) is 32.4 Å². The van der Waals surface area contributed by atoms with Gasteiger partial charge in [-0.2, -0.15) is 0 Å². The van der Waals surface area contributed by atoms with E-state index in [1.807, 2.05) is 0 Å². The standard InChI is InChI=1S/C16H24N4/c1-2-11-20(10-1)13-15-6-4-14(5-7-15)12-19-16-17-8-3-9-18-16/h4-7H,1-3,8-13H2,(H2,17,18,19). The third-order valence-corrected chi connectivity index (χ3v) is 3.99. The Kier molecular flexibility index (Phi) is 4.53. The third-order valence-electron chi connectivity index (χ3n) is 3.99. The highest BCUT2D eigenvalue weighted by molar-refractivity contribution is 5.80. The summed E-state index contributed by atoms with van der Waals surface area (Å²) in [6, 6.07) is 8.96. The molecule has 3 rings (SSSR count). The molecule has 4 nitrogen and oxygen atoms in total. The summed E-state index contributed by atoms with van der Waals surface area (Å²) < 4.78 is 0. The minimum atomic E-state index is 0.843. The van der Waals surface area contributed by atoms with Crippen molar-refractivity contribution in [1.29, 1.82) is 0 Å². The van der Waals surface area contributed by atoms with Gasteiger partial charge in [-0.3, -0.25) is 9.89 Å². The zero-order valence-corrected chi connectivity index (χ0v) is 12.1. The Bertz CT molecular complexity index is 446. The lowest BCUT2D eigenvalue weighted by molar-refractivity contribution is 0.331. The fraction of sp³-hybridized carbons (Fsp3) is 0.562. The van der Waals surface area contributed by atoms with Crippen LogP contribution in [0.5, 0.6) is 0 Å². The van der Waals surface area contributed by atoms with Gasteiger partial charge in [0.15, 0.2) is 5.96 Å². The molecule has 20 heavy (non-hydrogen) atoms. The van der Waals surface area contributed by atoms with Crippen molar-refractivity contribution in [1.82, 2.24) is 15.5 Å². The van der Waals surface area contributed by atoms with Crippen molar-refractivity contribution in [2.75, 3.05) is 26.2 Å². The van der Waals surface area contributed by atoms with Crippen LogP contribution in [0.4, 0.5) is 0 Å². The second-order valence-electron chi connectivity index (χ2n) is 5.66. The summed E-state index contributed by atoms with van der Waals surface area (Å²) in [7, 11) is 0. The first kappa shape index (κ1) is 13.4. The van der Waals surface area contributed by atoms with Gasteiger partial charge in [-0.05, 0) is 43.5 Å². The average Bonchev–Trinajstić information content (AvgIpc) is 3.01. The molecule has 2 aliphatic rings. The molecule has 2 aliphatic heterocycles. The number of nitrogens with zero attached hydrogens (tertiary/aromatic N) is 2. The monoisotopic (exact) mass is 272 g/mol. The molecule has 2 heterocycles. The SMILES string of the molecule is c1cc(CN2CCCC2)ccc1CNC1=NCCCN1. The number of aliphatic imine (C=N–C) groups is 1. The Hall–Kier alpha value is -1.55. The van der Waals surface area contributed by atoms with Crippen molar-refractivity contribution in [3.63, 3.8) is 0 Å². The minimum Gasteiger partial charge on any atom is -0.356 e. The van der Waals surface area contributed by atoms with Crippen LogP contribution in [0.2, 0.25) is 0 Å². The fourth-order valence-electron chi connectivity index (χ4n) is 2.80. The third kappa shape index (κ3) is 3.73. The van der Waals surface area contributed by atoms with E-state index in [4.69, 9.17) is 0 Å². The van der Waals surface area contributed by atoms with Crippen LogP contribution >= 0.6 is 0 Å². The Morgan fingerprint density at radius 3 is 2.50 bits per heavy atom. The number of hydrogen-bond donors (Lipinski definition) is 2. The van der Waals surface area contributed by atoms with Crippen LogP contribution in [0, 0.1) is 0 Å². The lowest BCUT2D eigenvalue weighted by Crippen LogP contribution is -2.40. The molecular formula is C16H24N4. The van der Waals surface area contributed by atoms with Crippen LogP contribution in [0.1, 0.15) is 30.4 Å². The van der Waals surface area contributed by atoms with Crippen molar-refractivity contribution in [2.24, 2.45) is 4.99 Å². The van der Waals surface area contributed by atoms with Crippen molar-refractivity contribution in [3.05, 3.63) is 35.4 Å². The Labute approximate surface area is 121 Å². The van der Waals surface area contributed by atoms with Gasteiger partial charge in [-0.15, -0.1) is 0 Å². The topological polar surface area (TPSA) is 39.7 Å². The summed E-state index contributed by atoms with van der Waals surface area (Å²) in [6.45, 7) is 6.42. The zero-order valence-electron chi connectivity index (χ0n) is 12.1. The maximum absolute atomic E-state index is 4.42. The van der Waals surface area contributed by atoms with Gasteiger partial charge in [0.2, 0.25) is 0 Å². The maximum Gasteiger partial charge on any atom is 0.191 e. The Balaban J connectivity index is 1.49. The van der Waals surface area contributed by atoms with Gasteiger partial charge in [0.25, 0.3) is 0 Å². The molecule has 1 fully saturated rings. The molecule has 1 aromatic rings. The maximum atomic E-state index is 4.42. The van der Waals surface area contributed by atoms with Crippen LogP contribution < -0.4 is 10.6 Å². The van der Waals surface area contributed by atoms with Crippen LogP contribution in [0.25, 0.3) is 0 Å². The second kappa shape index (κ2) is 6.75. The highest BCUT2D eigenvalue weighted by Gasteiger charge is 2.11. The van der Waals surface area contributed by atoms with Gasteiger partial charge in [0, 0.05) is 26.2 Å². The first-order valence-corrected chi connectivity index (χ1v) is 7.72. The summed E-state index contributed by atoms with van der Waals surface area (Å²) in [4.78, 5) is 6.95. The van der Waals surface area contributed by atoms with Gasteiger partial charge >= 0.3 is 0 Å². The lowest BCUT2D eigenvalue weighted by atomic mass is 10.1. The molecule has 0 bridgehead atoms. The zero-order chi connectivity index (χ0) is 13.6. The minimum absolute atomic E-state index is 0.843. The molecule has 0 amide bonds. The van der Waals surface area contributed by atoms with Crippen LogP contribution in [-0.2, 0) is 13.1 Å². The smallest absolute Gasteiger partial charge is 0.191 e. The van der Waals surface area contributed by atoms with E-state index in [9.17, 15) is 0 Å². The number of benzene rings is 1. The summed E-state index contributed by atoms with van der Waals surface area (Å²) in [5.41, 5.74) is 2.73. The van der Waals surface area contributed by atoms with E-state index in [1.165, 1.54) is 37.1 Å². The number of rotatable bonds is 4. The molecule has 1 aromatic carbocycles. The highest BCUT2D eigenvalue weighted by Crippen LogP contribution is 2.13. The van der Waals surface area contributed by atoms with Gasteiger partial charge in [-0.25, -0.2) is 0 Å². The van der Waals surface area contributed by atoms with Crippen LogP contribution in [0.15, 0.2) is 29.3 Å². The normalized spacial score (nSPS) is 19.5. The molecule has 0 spiro atoms. The lowest BCUT2D eigenvalue weighted by Gasteiger charge is -2.17. The number of nitrogens with one attached hydrogen (secondary N) is 2. The summed E-state index contributed by atoms with van der Waals surface area (Å²) in [5.74, 6) is 0.942. The van der Waals surface area contributed by atoms with Crippen molar-refractivity contribution >= 4 is 5.96 Å². The van der Waals surface area contributed by atoms with E-state index in [-0.39, 0.29) is 0 Å². The first-order valence-electron chi connectivity index (χ1n) is 7.72. The highest BCUT2D eigenvalue weighted by atomic mass is 15.2. The molecular weight excluding hydrogens is 248 g/mol. The second-order valence-corrected chi connectivity index (χ2v) is 5.66. The number of hydrogen-bond acceptors (Lipinski definition) is 4. The number of guanidine groups is 1. The largest absolute Gasteiger partial charge is 0.356 e. The predicted octanol–water partition coefficient (Wildman–Crippen LogP) is 1.72. The average molecular weight is 272 g/mol. The molecule has 4 heteroatoms. The molecule has 2 N–H and O–H groups in total. The van der Waals surface area contributed by atoms with E-state index < -0.39 is 0 Å². The van der Waals surface area contributed by atoms with Crippen LogP contribution in [0.3, 0.4) is 0 Å². The van der Waals surface area contributed by atoms with Gasteiger partial charge in [0.1, 0.15) is 0 Å². The Morgan fingerprint density at radius 2 is 1.80 bits per heavy atom.